The van der Waals surface area contributed by atoms with Gasteiger partial charge in [-0.2, -0.15) is 0 Å². The predicted molar refractivity (Wildman–Crippen MR) is 65.1 cm³/mol. The number of methoxy groups -OCH3 is 1. The number of anilines is 1. The molecule has 0 aliphatic carbocycles. The Kier molecular flexibility index (Phi) is 5.05. The normalized spacial score (nSPS) is 10.6. The van der Waals surface area contributed by atoms with E-state index in [0.717, 1.165) is 11.3 Å². The highest BCUT2D eigenvalue weighted by Gasteiger charge is 2.06. The van der Waals surface area contributed by atoms with Crippen LogP contribution < -0.4 is 10.1 Å². The Balaban J connectivity index is 2.72. The summed E-state index contributed by atoms with van der Waals surface area (Å²) in [7, 11) is 1.65. The molecule has 1 rings (SSSR count). The molecule has 0 saturated heterocycles. The van der Waals surface area contributed by atoms with E-state index < -0.39 is 0 Å². The zero-order valence-corrected chi connectivity index (χ0v) is 10.4. The zero-order valence-electron chi connectivity index (χ0n) is 10.4. The van der Waals surface area contributed by atoms with Crippen molar-refractivity contribution in [2.24, 2.45) is 0 Å². The van der Waals surface area contributed by atoms with Gasteiger partial charge in [-0.25, -0.2) is 4.98 Å². The van der Waals surface area contributed by atoms with E-state index >= 15 is 0 Å². The zero-order chi connectivity index (χ0) is 12.0. The fourth-order valence-electron chi connectivity index (χ4n) is 1.31. The molecule has 90 valence electrons. The molecule has 4 heteroatoms. The van der Waals surface area contributed by atoms with Crippen molar-refractivity contribution in [1.82, 2.24) is 4.98 Å². The SMILES string of the molecule is COCCOc1ncc(C)cc1NC(C)C. The molecule has 0 amide bonds. The monoisotopic (exact) mass is 224 g/mol. The van der Waals surface area contributed by atoms with Crippen molar-refractivity contribution in [3.05, 3.63) is 17.8 Å². The highest BCUT2D eigenvalue weighted by atomic mass is 16.5. The second-order valence-electron chi connectivity index (χ2n) is 4.01. The van der Waals surface area contributed by atoms with Crippen molar-refractivity contribution >= 4 is 5.69 Å². The molecule has 0 bridgehead atoms. The number of pyridine rings is 1. The largest absolute Gasteiger partial charge is 0.474 e. The van der Waals surface area contributed by atoms with Crippen LogP contribution in [-0.2, 0) is 4.74 Å². The second kappa shape index (κ2) is 6.33. The van der Waals surface area contributed by atoms with Crippen LogP contribution in [0.15, 0.2) is 12.3 Å². The summed E-state index contributed by atoms with van der Waals surface area (Å²) in [6, 6.07) is 2.39. The first-order valence-electron chi connectivity index (χ1n) is 5.48. The Morgan fingerprint density at radius 1 is 1.38 bits per heavy atom. The van der Waals surface area contributed by atoms with Crippen LogP contribution in [0.1, 0.15) is 19.4 Å². The van der Waals surface area contributed by atoms with Crippen molar-refractivity contribution < 1.29 is 9.47 Å². The topological polar surface area (TPSA) is 43.4 Å². The molecule has 0 unspecified atom stereocenters. The van der Waals surface area contributed by atoms with Gasteiger partial charge in [-0.1, -0.05) is 0 Å². The summed E-state index contributed by atoms with van der Waals surface area (Å²) in [6.07, 6.45) is 1.80. The first kappa shape index (κ1) is 12.8. The number of hydrogen-bond donors (Lipinski definition) is 1. The lowest BCUT2D eigenvalue weighted by Gasteiger charge is -2.14. The fraction of sp³-hybridized carbons (Fsp3) is 0.583. The van der Waals surface area contributed by atoms with E-state index in [1.54, 1.807) is 13.3 Å². The maximum atomic E-state index is 5.53. The second-order valence-corrected chi connectivity index (χ2v) is 4.01. The minimum absolute atomic E-state index is 0.355. The number of aryl methyl sites for hydroxylation is 1. The average Bonchev–Trinajstić information content (AvgIpc) is 2.20. The van der Waals surface area contributed by atoms with Gasteiger partial charge in [0.05, 0.1) is 12.3 Å². The molecule has 0 radical (unpaired) electrons. The van der Waals surface area contributed by atoms with E-state index in [0.29, 0.717) is 25.1 Å². The van der Waals surface area contributed by atoms with Crippen LogP contribution >= 0.6 is 0 Å². The summed E-state index contributed by atoms with van der Waals surface area (Å²) >= 11 is 0. The number of ether oxygens (including phenoxy) is 2. The molecule has 0 aromatic carbocycles. The third kappa shape index (κ3) is 4.06. The third-order valence-electron chi connectivity index (χ3n) is 1.96. The number of nitrogens with zero attached hydrogens (tertiary/aromatic N) is 1. The Bertz CT molecular complexity index is 327. The van der Waals surface area contributed by atoms with Crippen LogP contribution in [0.3, 0.4) is 0 Å². The first-order valence-corrected chi connectivity index (χ1v) is 5.48. The van der Waals surface area contributed by atoms with Crippen molar-refractivity contribution in [2.75, 3.05) is 25.6 Å². The summed E-state index contributed by atoms with van der Waals surface area (Å²) < 4.78 is 10.5. The Morgan fingerprint density at radius 2 is 2.12 bits per heavy atom. The third-order valence-corrected chi connectivity index (χ3v) is 1.96. The molecule has 0 spiro atoms. The quantitative estimate of drug-likeness (QED) is 0.752. The summed E-state index contributed by atoms with van der Waals surface area (Å²) in [4.78, 5) is 4.26. The number of rotatable bonds is 6. The maximum Gasteiger partial charge on any atom is 0.237 e. The molecule has 1 aromatic heterocycles. The summed E-state index contributed by atoms with van der Waals surface area (Å²) in [5, 5.41) is 3.31. The van der Waals surface area contributed by atoms with Gasteiger partial charge in [0.25, 0.3) is 0 Å². The van der Waals surface area contributed by atoms with Gasteiger partial charge in [0.1, 0.15) is 6.61 Å². The van der Waals surface area contributed by atoms with E-state index in [4.69, 9.17) is 9.47 Å². The Morgan fingerprint density at radius 3 is 2.75 bits per heavy atom. The van der Waals surface area contributed by atoms with Crippen molar-refractivity contribution in [2.45, 2.75) is 26.8 Å². The molecule has 0 atom stereocenters. The molecule has 0 saturated carbocycles. The molecule has 4 nitrogen and oxygen atoms in total. The van der Waals surface area contributed by atoms with Crippen LogP contribution in [0, 0.1) is 6.92 Å². The minimum Gasteiger partial charge on any atom is -0.474 e. The lowest BCUT2D eigenvalue weighted by molar-refractivity contribution is 0.144. The molecule has 1 aromatic rings. The van der Waals surface area contributed by atoms with Crippen LogP contribution in [-0.4, -0.2) is 31.3 Å². The van der Waals surface area contributed by atoms with Crippen molar-refractivity contribution in [1.29, 1.82) is 0 Å². The molecule has 0 fully saturated rings. The van der Waals surface area contributed by atoms with E-state index in [1.807, 2.05) is 13.0 Å². The molecule has 0 aliphatic heterocycles. The summed E-state index contributed by atoms with van der Waals surface area (Å²) in [5.41, 5.74) is 2.05. The average molecular weight is 224 g/mol. The molecular weight excluding hydrogens is 204 g/mol. The number of aromatic nitrogens is 1. The summed E-state index contributed by atoms with van der Waals surface area (Å²) in [5.74, 6) is 0.636. The van der Waals surface area contributed by atoms with Gasteiger partial charge in [0.15, 0.2) is 0 Å². The summed E-state index contributed by atoms with van der Waals surface area (Å²) in [6.45, 7) is 7.26. The van der Waals surface area contributed by atoms with Gasteiger partial charge >= 0.3 is 0 Å². The van der Waals surface area contributed by atoms with Crippen LogP contribution in [0.2, 0.25) is 0 Å². The molecule has 1 N–H and O–H groups in total. The maximum absolute atomic E-state index is 5.53. The fourth-order valence-corrected chi connectivity index (χ4v) is 1.31. The molecular formula is C12H20N2O2. The minimum atomic E-state index is 0.355. The van der Waals surface area contributed by atoms with Crippen LogP contribution in [0.4, 0.5) is 5.69 Å². The van der Waals surface area contributed by atoms with Gasteiger partial charge in [0.2, 0.25) is 5.88 Å². The first-order chi connectivity index (χ1) is 7.63. The van der Waals surface area contributed by atoms with Gasteiger partial charge in [-0.3, -0.25) is 0 Å². The standard InChI is InChI=1S/C12H20N2O2/c1-9(2)14-11-7-10(3)8-13-12(11)16-6-5-15-4/h7-9,14H,5-6H2,1-4H3. The van der Waals surface area contributed by atoms with Crippen LogP contribution in [0.5, 0.6) is 5.88 Å². The van der Waals surface area contributed by atoms with E-state index in [1.165, 1.54) is 0 Å². The van der Waals surface area contributed by atoms with E-state index in [9.17, 15) is 0 Å². The van der Waals surface area contributed by atoms with Crippen LogP contribution in [0.25, 0.3) is 0 Å². The Labute approximate surface area is 97.0 Å². The molecule has 0 aliphatic rings. The van der Waals surface area contributed by atoms with Gasteiger partial charge in [-0.05, 0) is 32.4 Å². The Hall–Kier alpha value is -1.29. The number of nitrogens with one attached hydrogen (secondary N) is 1. The van der Waals surface area contributed by atoms with Gasteiger partial charge in [-0.15, -0.1) is 0 Å². The van der Waals surface area contributed by atoms with E-state index in [-0.39, 0.29) is 0 Å². The van der Waals surface area contributed by atoms with Crippen molar-refractivity contribution in [3.63, 3.8) is 0 Å². The molecule has 1 heterocycles. The lowest BCUT2D eigenvalue weighted by atomic mass is 10.2. The van der Waals surface area contributed by atoms with Crippen molar-refractivity contribution in [3.8, 4) is 5.88 Å². The van der Waals surface area contributed by atoms with Gasteiger partial charge in [0, 0.05) is 19.3 Å². The van der Waals surface area contributed by atoms with E-state index in [2.05, 4.69) is 24.1 Å². The smallest absolute Gasteiger partial charge is 0.237 e. The molecule has 16 heavy (non-hydrogen) atoms. The highest BCUT2D eigenvalue weighted by Crippen LogP contribution is 2.23. The highest BCUT2D eigenvalue weighted by molar-refractivity contribution is 5.54. The van der Waals surface area contributed by atoms with Gasteiger partial charge < -0.3 is 14.8 Å². The lowest BCUT2D eigenvalue weighted by Crippen LogP contribution is -2.13. The predicted octanol–water partition coefficient (Wildman–Crippen LogP) is 2.24. The number of hydrogen-bond acceptors (Lipinski definition) is 4.